The average molecular weight is 394 g/mol. The van der Waals surface area contributed by atoms with E-state index in [9.17, 15) is 0 Å². The van der Waals surface area contributed by atoms with Gasteiger partial charge in [0.25, 0.3) is 0 Å². The zero-order chi connectivity index (χ0) is 17.4. The molecule has 3 heteroatoms. The molecule has 0 amide bonds. The van der Waals surface area contributed by atoms with Crippen LogP contribution in [0.5, 0.6) is 5.75 Å². The summed E-state index contributed by atoms with van der Waals surface area (Å²) in [6, 6.07) is 19.2. The molecule has 126 valence electrons. The van der Waals surface area contributed by atoms with Crippen molar-refractivity contribution in [3.63, 3.8) is 0 Å². The SMILES string of the molecule is Cc1cccc(C)c1-c1cccc(C2CCc3nc(Br)ccc3O2)c1. The topological polar surface area (TPSA) is 22.1 Å². The van der Waals surface area contributed by atoms with Crippen LogP contribution in [0, 0.1) is 13.8 Å². The van der Waals surface area contributed by atoms with Gasteiger partial charge in [-0.15, -0.1) is 0 Å². The maximum absolute atomic E-state index is 6.24. The number of nitrogens with zero attached hydrogens (tertiary/aromatic N) is 1. The van der Waals surface area contributed by atoms with Crippen molar-refractivity contribution in [1.82, 2.24) is 4.98 Å². The predicted octanol–water partition coefficient (Wildman–Crippen LogP) is 6.19. The first kappa shape index (κ1) is 16.3. The van der Waals surface area contributed by atoms with E-state index < -0.39 is 0 Å². The summed E-state index contributed by atoms with van der Waals surface area (Å²) in [5.74, 6) is 0.900. The van der Waals surface area contributed by atoms with Gasteiger partial charge in [0.05, 0.1) is 5.69 Å². The van der Waals surface area contributed by atoms with E-state index in [-0.39, 0.29) is 6.10 Å². The summed E-state index contributed by atoms with van der Waals surface area (Å²) < 4.78 is 7.11. The Morgan fingerprint density at radius 1 is 1.00 bits per heavy atom. The molecule has 0 fully saturated rings. The average Bonchev–Trinajstić information content (AvgIpc) is 2.61. The van der Waals surface area contributed by atoms with E-state index in [1.54, 1.807) is 0 Å². The normalized spacial score (nSPS) is 16.2. The number of fused-ring (bicyclic) bond motifs is 1. The van der Waals surface area contributed by atoms with Crippen molar-refractivity contribution in [1.29, 1.82) is 0 Å². The molecular weight excluding hydrogens is 374 g/mol. The number of rotatable bonds is 2. The van der Waals surface area contributed by atoms with Crippen LogP contribution in [0.4, 0.5) is 0 Å². The minimum atomic E-state index is 0.0831. The van der Waals surface area contributed by atoms with Crippen LogP contribution in [-0.2, 0) is 6.42 Å². The second kappa shape index (κ2) is 6.64. The first-order chi connectivity index (χ1) is 12.1. The van der Waals surface area contributed by atoms with E-state index >= 15 is 0 Å². The fourth-order valence-corrected chi connectivity index (χ4v) is 3.97. The number of aromatic nitrogens is 1. The van der Waals surface area contributed by atoms with Gasteiger partial charge in [-0.05, 0) is 88.6 Å². The summed E-state index contributed by atoms with van der Waals surface area (Å²) in [6.45, 7) is 4.35. The van der Waals surface area contributed by atoms with Crippen molar-refractivity contribution in [2.75, 3.05) is 0 Å². The molecule has 1 aliphatic rings. The van der Waals surface area contributed by atoms with E-state index in [2.05, 4.69) is 77.2 Å². The van der Waals surface area contributed by atoms with E-state index in [0.717, 1.165) is 28.9 Å². The van der Waals surface area contributed by atoms with Crippen molar-refractivity contribution in [3.8, 4) is 16.9 Å². The molecule has 0 N–H and O–H groups in total. The standard InChI is InChI=1S/C22H20BrNO/c1-14-5-3-6-15(2)22(14)17-8-4-7-16(13-17)19-10-9-18-20(25-19)11-12-21(23)24-18/h3-8,11-13,19H,9-10H2,1-2H3. The monoisotopic (exact) mass is 393 g/mol. The van der Waals surface area contributed by atoms with Gasteiger partial charge in [0.15, 0.2) is 0 Å². The minimum absolute atomic E-state index is 0.0831. The van der Waals surface area contributed by atoms with E-state index in [0.29, 0.717) is 0 Å². The Labute approximate surface area is 157 Å². The van der Waals surface area contributed by atoms with Crippen molar-refractivity contribution < 1.29 is 4.74 Å². The lowest BCUT2D eigenvalue weighted by atomic mass is 9.92. The molecule has 0 radical (unpaired) electrons. The number of benzene rings is 2. The van der Waals surface area contributed by atoms with Gasteiger partial charge in [0.2, 0.25) is 0 Å². The Morgan fingerprint density at radius 3 is 2.56 bits per heavy atom. The van der Waals surface area contributed by atoms with E-state index in [1.807, 2.05) is 12.1 Å². The Bertz CT molecular complexity index is 915. The Hall–Kier alpha value is -2.13. The maximum Gasteiger partial charge on any atom is 0.141 e. The Kier molecular flexibility index (Phi) is 4.34. The number of hydrogen-bond donors (Lipinski definition) is 0. The molecule has 0 saturated heterocycles. The summed E-state index contributed by atoms with van der Waals surface area (Å²) in [4.78, 5) is 4.52. The summed E-state index contributed by atoms with van der Waals surface area (Å²) in [6.07, 6.45) is 1.97. The lowest BCUT2D eigenvalue weighted by molar-refractivity contribution is 0.174. The van der Waals surface area contributed by atoms with E-state index in [1.165, 1.54) is 27.8 Å². The summed E-state index contributed by atoms with van der Waals surface area (Å²) in [7, 11) is 0. The third-order valence-corrected chi connectivity index (χ3v) is 5.28. The molecule has 1 atom stereocenters. The molecule has 0 spiro atoms. The third kappa shape index (κ3) is 3.21. The molecule has 0 aliphatic carbocycles. The molecule has 3 aromatic rings. The lowest BCUT2D eigenvalue weighted by Gasteiger charge is -2.26. The van der Waals surface area contributed by atoms with Crippen molar-refractivity contribution >= 4 is 15.9 Å². The Morgan fingerprint density at radius 2 is 1.76 bits per heavy atom. The highest BCUT2D eigenvalue weighted by Crippen LogP contribution is 2.36. The fourth-order valence-electron chi connectivity index (χ4n) is 3.63. The third-order valence-electron chi connectivity index (χ3n) is 4.84. The van der Waals surface area contributed by atoms with Crippen LogP contribution in [-0.4, -0.2) is 4.98 Å². The van der Waals surface area contributed by atoms with Gasteiger partial charge in [0.1, 0.15) is 16.5 Å². The van der Waals surface area contributed by atoms with Crippen LogP contribution in [0.25, 0.3) is 11.1 Å². The van der Waals surface area contributed by atoms with Gasteiger partial charge in [-0.1, -0.05) is 36.4 Å². The molecule has 4 rings (SSSR count). The first-order valence-corrected chi connectivity index (χ1v) is 9.40. The number of aryl methyl sites for hydroxylation is 3. The molecule has 1 aliphatic heterocycles. The molecule has 25 heavy (non-hydrogen) atoms. The minimum Gasteiger partial charge on any atom is -0.484 e. The number of hydrogen-bond acceptors (Lipinski definition) is 2. The highest BCUT2D eigenvalue weighted by molar-refractivity contribution is 9.10. The predicted molar refractivity (Wildman–Crippen MR) is 105 cm³/mol. The molecular formula is C22H20BrNO. The number of ether oxygens (including phenoxy) is 1. The van der Waals surface area contributed by atoms with Crippen LogP contribution in [0.15, 0.2) is 59.2 Å². The zero-order valence-corrected chi connectivity index (χ0v) is 16.0. The van der Waals surface area contributed by atoms with Gasteiger partial charge < -0.3 is 4.74 Å². The fraction of sp³-hybridized carbons (Fsp3) is 0.227. The molecule has 2 heterocycles. The first-order valence-electron chi connectivity index (χ1n) is 8.60. The summed E-state index contributed by atoms with van der Waals surface area (Å²) in [5, 5.41) is 0. The van der Waals surface area contributed by atoms with Crippen LogP contribution in [0.2, 0.25) is 0 Å². The zero-order valence-electron chi connectivity index (χ0n) is 14.4. The highest BCUT2D eigenvalue weighted by atomic mass is 79.9. The van der Waals surface area contributed by atoms with Gasteiger partial charge in [-0.2, -0.15) is 0 Å². The van der Waals surface area contributed by atoms with Crippen molar-refractivity contribution in [2.45, 2.75) is 32.8 Å². The Balaban J connectivity index is 1.68. The van der Waals surface area contributed by atoms with Crippen LogP contribution < -0.4 is 4.74 Å². The van der Waals surface area contributed by atoms with Gasteiger partial charge in [-0.3, -0.25) is 0 Å². The molecule has 2 nitrogen and oxygen atoms in total. The van der Waals surface area contributed by atoms with Gasteiger partial charge in [-0.25, -0.2) is 4.98 Å². The molecule has 0 saturated carbocycles. The second-order valence-corrected chi connectivity index (χ2v) is 7.43. The van der Waals surface area contributed by atoms with Crippen molar-refractivity contribution in [3.05, 3.63) is 81.6 Å². The quantitative estimate of drug-likeness (QED) is 0.483. The molecule has 1 aromatic heterocycles. The largest absolute Gasteiger partial charge is 0.484 e. The van der Waals surface area contributed by atoms with Crippen LogP contribution in [0.1, 0.15) is 34.9 Å². The number of pyridine rings is 1. The molecule has 1 unspecified atom stereocenters. The smallest absolute Gasteiger partial charge is 0.141 e. The number of halogens is 1. The van der Waals surface area contributed by atoms with E-state index in [4.69, 9.17) is 4.74 Å². The van der Waals surface area contributed by atoms with Crippen LogP contribution in [0.3, 0.4) is 0 Å². The van der Waals surface area contributed by atoms with Crippen LogP contribution >= 0.6 is 15.9 Å². The maximum atomic E-state index is 6.24. The second-order valence-electron chi connectivity index (χ2n) is 6.62. The van der Waals surface area contributed by atoms with Gasteiger partial charge >= 0.3 is 0 Å². The highest BCUT2D eigenvalue weighted by Gasteiger charge is 2.23. The lowest BCUT2D eigenvalue weighted by Crippen LogP contribution is -2.16. The summed E-state index contributed by atoms with van der Waals surface area (Å²) in [5.41, 5.74) is 7.47. The van der Waals surface area contributed by atoms with Crippen molar-refractivity contribution in [2.24, 2.45) is 0 Å². The molecule has 2 aromatic carbocycles. The molecule has 0 bridgehead atoms. The van der Waals surface area contributed by atoms with Gasteiger partial charge in [0, 0.05) is 0 Å². The summed E-state index contributed by atoms with van der Waals surface area (Å²) >= 11 is 3.43.